The Morgan fingerprint density at radius 1 is 1.06 bits per heavy atom. The van der Waals surface area contributed by atoms with Crippen LogP contribution in [0.4, 0.5) is 4.79 Å². The van der Waals surface area contributed by atoms with Crippen LogP contribution in [0.5, 0.6) is 0 Å². The quantitative estimate of drug-likeness (QED) is 0.445. The Morgan fingerprint density at radius 2 is 1.74 bits per heavy atom. The number of benzene rings is 3. The molecular weight excluding hydrogens is 444 g/mol. The fourth-order valence-electron chi connectivity index (χ4n) is 4.39. The highest BCUT2D eigenvalue weighted by Gasteiger charge is 2.29. The molecule has 3 aromatic rings. The first kappa shape index (κ1) is 24.3. The standard InChI is InChI=1S/C28H32N2O3S/c1-2-33-28(32)29-25(17-21-11-5-3-6-12-21)26(31)20-30-19-24(22-13-7-4-8-14-22)18-23-15-9-10-16-27(23)34-30/h3-16,24-26,31H,2,17-20H2,1H3,(H,29,32)/t24-,25-,26+/m0/s1. The van der Waals surface area contributed by atoms with Gasteiger partial charge in [-0.3, -0.25) is 0 Å². The Kier molecular flexibility index (Phi) is 8.63. The SMILES string of the molecule is CCOC(=O)N[C@@H](Cc1ccccc1)[C@H](O)CN1C[C@@H](c2ccccc2)Cc2ccccc2S1. The number of aliphatic hydroxyl groups is 1. The lowest BCUT2D eigenvalue weighted by molar-refractivity contribution is 0.0936. The minimum atomic E-state index is -0.765. The highest BCUT2D eigenvalue weighted by molar-refractivity contribution is 7.97. The molecule has 3 aromatic carbocycles. The van der Waals surface area contributed by atoms with E-state index in [-0.39, 0.29) is 6.61 Å². The molecule has 0 unspecified atom stereocenters. The zero-order valence-electron chi connectivity index (χ0n) is 19.5. The second-order valence-electron chi connectivity index (χ2n) is 8.59. The predicted octanol–water partition coefficient (Wildman–Crippen LogP) is 5.05. The molecule has 0 saturated heterocycles. The summed E-state index contributed by atoms with van der Waals surface area (Å²) in [5.74, 6) is 0.315. The van der Waals surface area contributed by atoms with Gasteiger partial charge >= 0.3 is 6.09 Å². The second kappa shape index (κ2) is 12.1. The van der Waals surface area contributed by atoms with Gasteiger partial charge in [-0.2, -0.15) is 0 Å². The van der Waals surface area contributed by atoms with Gasteiger partial charge in [-0.15, -0.1) is 0 Å². The number of hydrogen-bond donors (Lipinski definition) is 2. The molecule has 1 heterocycles. The summed E-state index contributed by atoms with van der Waals surface area (Å²) >= 11 is 1.69. The van der Waals surface area contributed by atoms with E-state index in [1.807, 2.05) is 36.4 Å². The van der Waals surface area contributed by atoms with Crippen LogP contribution in [0.1, 0.15) is 29.5 Å². The fourth-order valence-corrected chi connectivity index (χ4v) is 5.55. The van der Waals surface area contributed by atoms with Gasteiger partial charge in [0.05, 0.1) is 18.8 Å². The van der Waals surface area contributed by atoms with Crippen LogP contribution in [0.15, 0.2) is 89.8 Å². The summed E-state index contributed by atoms with van der Waals surface area (Å²) in [6.07, 6.45) is 0.212. The molecule has 0 saturated carbocycles. The number of carbonyl (C=O) groups excluding carboxylic acids is 1. The summed E-state index contributed by atoms with van der Waals surface area (Å²) in [6, 6.07) is 28.5. The monoisotopic (exact) mass is 476 g/mol. The first-order valence-corrected chi connectivity index (χ1v) is 12.6. The van der Waals surface area contributed by atoms with Crippen molar-refractivity contribution in [2.24, 2.45) is 0 Å². The van der Waals surface area contributed by atoms with Gasteiger partial charge in [0.1, 0.15) is 0 Å². The van der Waals surface area contributed by atoms with Gasteiger partial charge in [-0.05, 0) is 54.5 Å². The largest absolute Gasteiger partial charge is 0.450 e. The summed E-state index contributed by atoms with van der Waals surface area (Å²) in [7, 11) is 0. The van der Waals surface area contributed by atoms with Gasteiger partial charge in [0.25, 0.3) is 0 Å². The molecule has 0 radical (unpaired) electrons. The van der Waals surface area contributed by atoms with Crippen LogP contribution in [0.25, 0.3) is 0 Å². The van der Waals surface area contributed by atoms with Crippen LogP contribution in [-0.4, -0.2) is 47.3 Å². The highest BCUT2D eigenvalue weighted by atomic mass is 32.2. The van der Waals surface area contributed by atoms with Crippen molar-refractivity contribution in [1.29, 1.82) is 0 Å². The van der Waals surface area contributed by atoms with Crippen molar-refractivity contribution in [3.05, 3.63) is 102 Å². The summed E-state index contributed by atoms with van der Waals surface area (Å²) in [5, 5.41) is 14.2. The number of nitrogens with zero attached hydrogens (tertiary/aromatic N) is 1. The molecule has 178 valence electrons. The third kappa shape index (κ3) is 6.63. The summed E-state index contributed by atoms with van der Waals surface area (Å²) < 4.78 is 7.35. The molecule has 34 heavy (non-hydrogen) atoms. The van der Waals surface area contributed by atoms with Crippen molar-refractivity contribution >= 4 is 18.0 Å². The molecule has 5 nitrogen and oxygen atoms in total. The maximum absolute atomic E-state index is 12.2. The molecular formula is C28H32N2O3S. The number of ether oxygens (including phenoxy) is 1. The van der Waals surface area contributed by atoms with E-state index in [4.69, 9.17) is 4.74 Å². The average Bonchev–Trinajstić information content (AvgIpc) is 3.04. The van der Waals surface area contributed by atoms with Crippen LogP contribution in [-0.2, 0) is 17.6 Å². The summed E-state index contributed by atoms with van der Waals surface area (Å²) in [4.78, 5) is 13.4. The van der Waals surface area contributed by atoms with Gasteiger partial charge in [-0.1, -0.05) is 78.9 Å². The van der Waals surface area contributed by atoms with Crippen LogP contribution >= 0.6 is 11.9 Å². The van der Waals surface area contributed by atoms with Crippen LogP contribution in [0.2, 0.25) is 0 Å². The van der Waals surface area contributed by atoms with Crippen LogP contribution in [0, 0.1) is 0 Å². The first-order valence-electron chi connectivity index (χ1n) is 11.8. The number of fused-ring (bicyclic) bond motifs is 1. The molecule has 0 fully saturated rings. The van der Waals surface area contributed by atoms with E-state index < -0.39 is 18.2 Å². The molecule has 4 rings (SSSR count). The molecule has 3 atom stereocenters. The molecule has 2 N–H and O–H groups in total. The van der Waals surface area contributed by atoms with E-state index in [0.717, 1.165) is 18.5 Å². The van der Waals surface area contributed by atoms with Crippen molar-refractivity contribution in [3.8, 4) is 0 Å². The minimum Gasteiger partial charge on any atom is -0.450 e. The van der Waals surface area contributed by atoms with E-state index in [9.17, 15) is 9.90 Å². The zero-order valence-corrected chi connectivity index (χ0v) is 20.3. The van der Waals surface area contributed by atoms with Crippen molar-refractivity contribution in [3.63, 3.8) is 0 Å². The molecule has 1 aliphatic rings. The Hall–Kier alpha value is -2.80. The van der Waals surface area contributed by atoms with Crippen molar-refractivity contribution < 1.29 is 14.6 Å². The summed E-state index contributed by atoms with van der Waals surface area (Å²) in [6.45, 7) is 3.29. The Bertz CT molecular complexity index is 1050. The maximum Gasteiger partial charge on any atom is 0.407 e. The third-order valence-electron chi connectivity index (χ3n) is 6.09. The topological polar surface area (TPSA) is 61.8 Å². The van der Waals surface area contributed by atoms with E-state index in [2.05, 4.69) is 58.2 Å². The lowest BCUT2D eigenvalue weighted by Gasteiger charge is -2.30. The summed E-state index contributed by atoms with van der Waals surface area (Å²) in [5.41, 5.74) is 3.67. The Balaban J connectivity index is 1.53. The number of carbonyl (C=O) groups is 1. The molecule has 6 heteroatoms. The molecule has 0 aliphatic carbocycles. The van der Waals surface area contributed by atoms with Crippen LogP contribution in [0.3, 0.4) is 0 Å². The van der Waals surface area contributed by atoms with Gasteiger partial charge in [0.15, 0.2) is 0 Å². The number of rotatable bonds is 8. The average molecular weight is 477 g/mol. The smallest absolute Gasteiger partial charge is 0.407 e. The Labute approximate surface area is 206 Å². The lowest BCUT2D eigenvalue weighted by Crippen LogP contribution is -2.49. The molecule has 1 aliphatic heterocycles. The number of amides is 1. The number of hydrogen-bond acceptors (Lipinski definition) is 5. The van der Waals surface area contributed by atoms with Gasteiger partial charge in [0.2, 0.25) is 0 Å². The highest BCUT2D eigenvalue weighted by Crippen LogP contribution is 2.36. The lowest BCUT2D eigenvalue weighted by atomic mass is 9.91. The van der Waals surface area contributed by atoms with Gasteiger partial charge in [0, 0.05) is 23.9 Å². The Morgan fingerprint density at radius 3 is 2.47 bits per heavy atom. The number of alkyl carbamates (subject to hydrolysis) is 1. The van der Waals surface area contributed by atoms with Crippen molar-refractivity contribution in [2.75, 3.05) is 19.7 Å². The zero-order chi connectivity index (χ0) is 23.8. The maximum atomic E-state index is 12.2. The van der Waals surface area contributed by atoms with Crippen molar-refractivity contribution in [1.82, 2.24) is 9.62 Å². The number of β-amino-alcohol motifs (C(OH)–C–C–N with tert-alkyl or cyclic N) is 1. The predicted molar refractivity (Wildman–Crippen MR) is 137 cm³/mol. The first-order chi connectivity index (χ1) is 16.6. The number of nitrogens with one attached hydrogen (secondary N) is 1. The van der Waals surface area contributed by atoms with Gasteiger partial charge < -0.3 is 15.2 Å². The number of aliphatic hydroxyl groups excluding tert-OH is 1. The molecule has 1 amide bonds. The minimum absolute atomic E-state index is 0.289. The normalized spacial score (nSPS) is 17.8. The van der Waals surface area contributed by atoms with Gasteiger partial charge in [-0.25, -0.2) is 9.10 Å². The second-order valence-corrected chi connectivity index (χ2v) is 9.72. The molecule has 0 spiro atoms. The van der Waals surface area contributed by atoms with Crippen LogP contribution < -0.4 is 5.32 Å². The van der Waals surface area contributed by atoms with E-state index in [1.165, 1.54) is 16.0 Å². The molecule has 0 aromatic heterocycles. The van der Waals surface area contributed by atoms with Crippen molar-refractivity contribution in [2.45, 2.75) is 42.7 Å². The third-order valence-corrected chi connectivity index (χ3v) is 7.24. The fraction of sp³-hybridized carbons (Fsp3) is 0.321. The van der Waals surface area contributed by atoms with E-state index >= 15 is 0 Å². The molecule has 0 bridgehead atoms. The van der Waals surface area contributed by atoms with E-state index in [0.29, 0.717) is 18.9 Å². The van der Waals surface area contributed by atoms with E-state index in [1.54, 1.807) is 18.9 Å².